The molecule has 17 heavy (non-hydrogen) atoms. The van der Waals surface area contributed by atoms with E-state index < -0.39 is 0 Å². The van der Waals surface area contributed by atoms with Gasteiger partial charge < -0.3 is 4.42 Å². The summed E-state index contributed by atoms with van der Waals surface area (Å²) in [6, 6.07) is 1.85. The molecule has 0 N–H and O–H groups in total. The SMILES string of the molecule is Cc1occc1-c1nc(Cl)c(Br)c(C(C)C)n1. The van der Waals surface area contributed by atoms with Crippen LogP contribution in [0.4, 0.5) is 0 Å². The number of hydrogen-bond acceptors (Lipinski definition) is 3. The van der Waals surface area contributed by atoms with Gasteiger partial charge in [-0.1, -0.05) is 25.4 Å². The maximum absolute atomic E-state index is 6.10. The van der Waals surface area contributed by atoms with E-state index in [4.69, 9.17) is 16.0 Å². The number of hydrogen-bond donors (Lipinski definition) is 0. The van der Waals surface area contributed by atoms with Gasteiger partial charge in [0.25, 0.3) is 0 Å². The summed E-state index contributed by atoms with van der Waals surface area (Å²) in [4.78, 5) is 8.80. The molecule has 90 valence electrons. The van der Waals surface area contributed by atoms with Crippen LogP contribution in [0.2, 0.25) is 5.15 Å². The Morgan fingerprint density at radius 1 is 1.35 bits per heavy atom. The van der Waals surface area contributed by atoms with E-state index in [0.717, 1.165) is 21.5 Å². The van der Waals surface area contributed by atoms with Crippen molar-refractivity contribution < 1.29 is 4.42 Å². The number of furan rings is 1. The highest BCUT2D eigenvalue weighted by molar-refractivity contribution is 9.10. The van der Waals surface area contributed by atoms with Crippen LogP contribution in [0.5, 0.6) is 0 Å². The van der Waals surface area contributed by atoms with Gasteiger partial charge in [0.15, 0.2) is 5.82 Å². The van der Waals surface area contributed by atoms with Gasteiger partial charge in [0.2, 0.25) is 0 Å². The minimum atomic E-state index is 0.274. The minimum absolute atomic E-state index is 0.274. The van der Waals surface area contributed by atoms with Gasteiger partial charge >= 0.3 is 0 Å². The van der Waals surface area contributed by atoms with E-state index >= 15 is 0 Å². The fourth-order valence-electron chi connectivity index (χ4n) is 1.56. The third-order valence-corrected chi connectivity index (χ3v) is 3.77. The maximum Gasteiger partial charge on any atom is 0.164 e. The monoisotopic (exact) mass is 314 g/mol. The molecule has 2 heterocycles. The molecule has 2 aromatic heterocycles. The second-order valence-corrected chi connectivity index (χ2v) is 5.23. The zero-order chi connectivity index (χ0) is 12.6. The van der Waals surface area contributed by atoms with Crippen molar-refractivity contribution in [2.24, 2.45) is 0 Å². The number of aromatic nitrogens is 2. The molecule has 0 amide bonds. The molecule has 0 aromatic carbocycles. The molecular weight excluding hydrogens is 304 g/mol. The van der Waals surface area contributed by atoms with Crippen molar-refractivity contribution in [1.82, 2.24) is 9.97 Å². The van der Waals surface area contributed by atoms with Crippen molar-refractivity contribution in [1.29, 1.82) is 0 Å². The normalized spacial score (nSPS) is 11.2. The Morgan fingerprint density at radius 3 is 2.59 bits per heavy atom. The Labute approximate surface area is 113 Å². The molecule has 0 saturated heterocycles. The first-order valence-electron chi connectivity index (χ1n) is 5.28. The minimum Gasteiger partial charge on any atom is -0.469 e. The van der Waals surface area contributed by atoms with Gasteiger partial charge in [0.05, 0.1) is 22.0 Å². The fraction of sp³-hybridized carbons (Fsp3) is 0.333. The van der Waals surface area contributed by atoms with Crippen molar-refractivity contribution in [3.8, 4) is 11.4 Å². The third-order valence-electron chi connectivity index (χ3n) is 2.48. The van der Waals surface area contributed by atoms with Crippen LogP contribution in [0.25, 0.3) is 11.4 Å². The van der Waals surface area contributed by atoms with Crippen molar-refractivity contribution in [3.05, 3.63) is 33.4 Å². The molecule has 5 heteroatoms. The largest absolute Gasteiger partial charge is 0.469 e. The summed E-state index contributed by atoms with van der Waals surface area (Å²) in [7, 11) is 0. The van der Waals surface area contributed by atoms with Crippen LogP contribution in [0.3, 0.4) is 0 Å². The van der Waals surface area contributed by atoms with Crippen LogP contribution < -0.4 is 0 Å². The van der Waals surface area contributed by atoms with Gasteiger partial charge in [-0.25, -0.2) is 9.97 Å². The summed E-state index contributed by atoms with van der Waals surface area (Å²) >= 11 is 9.52. The number of halogens is 2. The highest BCUT2D eigenvalue weighted by Gasteiger charge is 2.16. The lowest BCUT2D eigenvalue weighted by molar-refractivity contribution is 0.535. The molecule has 0 radical (unpaired) electrons. The summed E-state index contributed by atoms with van der Waals surface area (Å²) in [6.07, 6.45) is 1.62. The first-order chi connectivity index (χ1) is 8.00. The molecule has 3 nitrogen and oxygen atoms in total. The summed E-state index contributed by atoms with van der Waals surface area (Å²) in [5, 5.41) is 0.430. The lowest BCUT2D eigenvalue weighted by atomic mass is 10.1. The van der Waals surface area contributed by atoms with Crippen LogP contribution in [-0.2, 0) is 0 Å². The van der Waals surface area contributed by atoms with E-state index in [-0.39, 0.29) is 5.92 Å². The number of aryl methyl sites for hydroxylation is 1. The quantitative estimate of drug-likeness (QED) is 0.761. The lowest BCUT2D eigenvalue weighted by Gasteiger charge is -2.10. The first-order valence-corrected chi connectivity index (χ1v) is 6.45. The van der Waals surface area contributed by atoms with Crippen LogP contribution in [0, 0.1) is 6.92 Å². The molecule has 0 atom stereocenters. The molecule has 0 aliphatic heterocycles. The molecular formula is C12H12BrClN2O. The number of rotatable bonds is 2. The van der Waals surface area contributed by atoms with Gasteiger partial charge in [-0.3, -0.25) is 0 Å². The molecule has 0 fully saturated rings. The van der Waals surface area contributed by atoms with E-state index in [9.17, 15) is 0 Å². The topological polar surface area (TPSA) is 38.9 Å². The summed E-state index contributed by atoms with van der Waals surface area (Å²) in [6.45, 7) is 6.01. The zero-order valence-electron chi connectivity index (χ0n) is 9.79. The molecule has 0 aliphatic rings. The summed E-state index contributed by atoms with van der Waals surface area (Å²) in [5.41, 5.74) is 1.78. The predicted molar refractivity (Wildman–Crippen MR) is 71.3 cm³/mol. The number of nitrogens with zero attached hydrogens (tertiary/aromatic N) is 2. The van der Waals surface area contributed by atoms with E-state index in [1.807, 2.05) is 13.0 Å². The smallest absolute Gasteiger partial charge is 0.164 e. The van der Waals surface area contributed by atoms with E-state index in [2.05, 4.69) is 39.7 Å². The van der Waals surface area contributed by atoms with Crippen LogP contribution in [-0.4, -0.2) is 9.97 Å². The molecule has 0 saturated carbocycles. The van der Waals surface area contributed by atoms with Crippen molar-refractivity contribution >= 4 is 27.5 Å². The van der Waals surface area contributed by atoms with Crippen LogP contribution >= 0.6 is 27.5 Å². The van der Waals surface area contributed by atoms with Crippen LogP contribution in [0.1, 0.15) is 31.2 Å². The Balaban J connectivity index is 2.61. The molecule has 0 bridgehead atoms. The third kappa shape index (κ3) is 2.38. The van der Waals surface area contributed by atoms with Gasteiger partial charge in [-0.15, -0.1) is 0 Å². The molecule has 0 aliphatic carbocycles. The van der Waals surface area contributed by atoms with Crippen molar-refractivity contribution in [3.63, 3.8) is 0 Å². The molecule has 2 rings (SSSR count). The second-order valence-electron chi connectivity index (χ2n) is 4.08. The second kappa shape index (κ2) is 4.78. The standard InChI is InChI=1S/C12H12BrClN2O/c1-6(2)10-9(13)11(14)16-12(15-10)8-4-5-17-7(8)3/h4-6H,1-3H3. The molecule has 0 unspecified atom stereocenters. The Bertz CT molecular complexity index is 551. The van der Waals surface area contributed by atoms with E-state index in [1.54, 1.807) is 6.26 Å². The van der Waals surface area contributed by atoms with Gasteiger partial charge in [-0.2, -0.15) is 0 Å². The lowest BCUT2D eigenvalue weighted by Crippen LogP contribution is -2.00. The van der Waals surface area contributed by atoms with Gasteiger partial charge in [0, 0.05) is 0 Å². The van der Waals surface area contributed by atoms with Gasteiger partial charge in [-0.05, 0) is 34.8 Å². The zero-order valence-corrected chi connectivity index (χ0v) is 12.1. The Morgan fingerprint density at radius 2 is 2.06 bits per heavy atom. The predicted octanol–water partition coefficient (Wildman–Crippen LogP) is 4.58. The van der Waals surface area contributed by atoms with Gasteiger partial charge in [0.1, 0.15) is 10.9 Å². The average molecular weight is 316 g/mol. The maximum atomic E-state index is 6.10. The van der Waals surface area contributed by atoms with Crippen molar-refractivity contribution in [2.75, 3.05) is 0 Å². The van der Waals surface area contributed by atoms with E-state index in [1.165, 1.54) is 0 Å². The Kier molecular flexibility index (Phi) is 3.54. The average Bonchev–Trinajstić information content (AvgIpc) is 2.68. The Hall–Kier alpha value is -0.870. The molecule has 2 aromatic rings. The summed E-state index contributed by atoms with van der Waals surface area (Å²) < 4.78 is 6.02. The van der Waals surface area contributed by atoms with Crippen molar-refractivity contribution in [2.45, 2.75) is 26.7 Å². The first kappa shape index (κ1) is 12.6. The van der Waals surface area contributed by atoms with Crippen LogP contribution in [0.15, 0.2) is 21.2 Å². The molecule has 0 spiro atoms. The summed E-state index contributed by atoms with van der Waals surface area (Å²) in [5.74, 6) is 1.67. The van der Waals surface area contributed by atoms with E-state index in [0.29, 0.717) is 11.0 Å². The fourth-order valence-corrected chi connectivity index (χ4v) is 2.37. The highest BCUT2D eigenvalue weighted by atomic mass is 79.9. The highest BCUT2D eigenvalue weighted by Crippen LogP contribution is 2.32.